The Morgan fingerprint density at radius 2 is 2.05 bits per heavy atom. The molecule has 98 valence electrons. The van der Waals surface area contributed by atoms with Crippen LogP contribution in [0.5, 0.6) is 5.75 Å². The number of aromatic hydroxyl groups is 1. The number of amides is 1. The SMILES string of the molecule is CN(C)c1cccc(NC(=O)c2cncc(O)c2)c1. The highest BCUT2D eigenvalue weighted by Gasteiger charge is 2.08. The van der Waals surface area contributed by atoms with Crippen molar-refractivity contribution in [3.8, 4) is 5.75 Å². The van der Waals surface area contributed by atoms with E-state index < -0.39 is 0 Å². The van der Waals surface area contributed by atoms with Gasteiger partial charge in [-0.15, -0.1) is 0 Å². The van der Waals surface area contributed by atoms with E-state index in [4.69, 9.17) is 0 Å². The Balaban J connectivity index is 2.17. The molecule has 0 aliphatic carbocycles. The summed E-state index contributed by atoms with van der Waals surface area (Å²) < 4.78 is 0. The number of nitrogens with zero attached hydrogens (tertiary/aromatic N) is 2. The van der Waals surface area contributed by atoms with Crippen molar-refractivity contribution >= 4 is 17.3 Å². The molecular formula is C14H15N3O2. The lowest BCUT2D eigenvalue weighted by Gasteiger charge is -2.14. The van der Waals surface area contributed by atoms with Gasteiger partial charge in [0.15, 0.2) is 0 Å². The molecular weight excluding hydrogens is 242 g/mol. The zero-order valence-electron chi connectivity index (χ0n) is 10.8. The van der Waals surface area contributed by atoms with Crippen molar-refractivity contribution in [2.75, 3.05) is 24.3 Å². The Morgan fingerprint density at radius 3 is 2.74 bits per heavy atom. The predicted octanol–water partition coefficient (Wildman–Crippen LogP) is 2.11. The van der Waals surface area contributed by atoms with Crippen LogP contribution in [0.2, 0.25) is 0 Å². The van der Waals surface area contributed by atoms with Crippen LogP contribution in [-0.4, -0.2) is 30.1 Å². The first kappa shape index (κ1) is 12.9. The summed E-state index contributed by atoms with van der Waals surface area (Å²) in [6.07, 6.45) is 2.69. The molecule has 1 heterocycles. The molecule has 19 heavy (non-hydrogen) atoms. The van der Waals surface area contributed by atoms with Gasteiger partial charge in [0.2, 0.25) is 0 Å². The van der Waals surface area contributed by atoms with Crippen molar-refractivity contribution in [1.29, 1.82) is 0 Å². The minimum atomic E-state index is -0.306. The summed E-state index contributed by atoms with van der Waals surface area (Å²) in [5.74, 6) is -0.339. The fourth-order valence-corrected chi connectivity index (χ4v) is 1.62. The highest BCUT2D eigenvalue weighted by Crippen LogP contribution is 2.18. The second kappa shape index (κ2) is 5.39. The number of hydrogen-bond donors (Lipinski definition) is 2. The van der Waals surface area contributed by atoms with E-state index >= 15 is 0 Å². The van der Waals surface area contributed by atoms with Gasteiger partial charge in [-0.25, -0.2) is 0 Å². The van der Waals surface area contributed by atoms with Crippen LogP contribution in [0, 0.1) is 0 Å². The van der Waals surface area contributed by atoms with Crippen LogP contribution in [0.25, 0.3) is 0 Å². The van der Waals surface area contributed by atoms with E-state index in [-0.39, 0.29) is 11.7 Å². The molecule has 0 saturated heterocycles. The molecule has 0 fully saturated rings. The number of benzene rings is 1. The maximum Gasteiger partial charge on any atom is 0.257 e. The summed E-state index contributed by atoms with van der Waals surface area (Å²) >= 11 is 0. The lowest BCUT2D eigenvalue weighted by molar-refractivity contribution is 0.102. The lowest BCUT2D eigenvalue weighted by atomic mass is 10.2. The Labute approximate surface area is 111 Å². The van der Waals surface area contributed by atoms with Crippen LogP contribution in [0.1, 0.15) is 10.4 Å². The Bertz CT molecular complexity index is 597. The van der Waals surface area contributed by atoms with Crippen LogP contribution in [-0.2, 0) is 0 Å². The topological polar surface area (TPSA) is 65.5 Å². The number of aromatic nitrogens is 1. The van der Waals surface area contributed by atoms with Crippen molar-refractivity contribution < 1.29 is 9.90 Å². The molecule has 0 saturated carbocycles. The van der Waals surface area contributed by atoms with Gasteiger partial charge in [0.25, 0.3) is 5.91 Å². The molecule has 2 aromatic rings. The number of carbonyl (C=O) groups is 1. The van der Waals surface area contributed by atoms with Crippen molar-refractivity contribution in [3.05, 3.63) is 48.3 Å². The van der Waals surface area contributed by atoms with E-state index in [1.807, 2.05) is 37.2 Å². The number of pyridine rings is 1. The van der Waals surface area contributed by atoms with Crippen LogP contribution in [0.3, 0.4) is 0 Å². The first-order valence-electron chi connectivity index (χ1n) is 5.79. The minimum absolute atomic E-state index is 0.0327. The highest BCUT2D eigenvalue weighted by atomic mass is 16.3. The Kier molecular flexibility index (Phi) is 3.66. The van der Waals surface area contributed by atoms with Crippen molar-refractivity contribution in [1.82, 2.24) is 4.98 Å². The summed E-state index contributed by atoms with van der Waals surface area (Å²) in [5, 5.41) is 12.1. The van der Waals surface area contributed by atoms with Gasteiger partial charge in [0, 0.05) is 31.7 Å². The average Bonchev–Trinajstić information content (AvgIpc) is 2.39. The number of carbonyl (C=O) groups excluding carboxylic acids is 1. The molecule has 1 aromatic carbocycles. The van der Waals surface area contributed by atoms with Gasteiger partial charge in [0.05, 0.1) is 11.8 Å². The third-order valence-electron chi connectivity index (χ3n) is 2.61. The molecule has 0 atom stereocenters. The zero-order valence-corrected chi connectivity index (χ0v) is 10.8. The quantitative estimate of drug-likeness (QED) is 0.883. The lowest BCUT2D eigenvalue weighted by Crippen LogP contribution is -2.13. The van der Waals surface area contributed by atoms with Crippen LogP contribution in [0.4, 0.5) is 11.4 Å². The highest BCUT2D eigenvalue weighted by molar-refractivity contribution is 6.04. The number of nitrogens with one attached hydrogen (secondary N) is 1. The second-order valence-electron chi connectivity index (χ2n) is 4.33. The molecule has 5 heteroatoms. The van der Waals surface area contributed by atoms with E-state index in [2.05, 4.69) is 10.3 Å². The summed E-state index contributed by atoms with van der Waals surface area (Å²) in [4.78, 5) is 17.7. The molecule has 1 aromatic heterocycles. The largest absolute Gasteiger partial charge is 0.506 e. The van der Waals surface area contributed by atoms with Gasteiger partial charge >= 0.3 is 0 Å². The fourth-order valence-electron chi connectivity index (χ4n) is 1.62. The normalized spacial score (nSPS) is 10.0. The van der Waals surface area contributed by atoms with Gasteiger partial charge < -0.3 is 15.3 Å². The molecule has 0 unspecified atom stereocenters. The smallest absolute Gasteiger partial charge is 0.257 e. The van der Waals surface area contributed by atoms with E-state index in [9.17, 15) is 9.90 Å². The zero-order chi connectivity index (χ0) is 13.8. The molecule has 0 aliphatic heterocycles. The monoisotopic (exact) mass is 257 g/mol. The standard InChI is InChI=1S/C14H15N3O2/c1-17(2)12-5-3-4-11(7-12)16-14(19)10-6-13(18)9-15-8-10/h3-9,18H,1-2H3,(H,16,19). The van der Waals surface area contributed by atoms with E-state index in [0.29, 0.717) is 11.3 Å². The molecule has 0 bridgehead atoms. The van der Waals surface area contributed by atoms with E-state index in [1.165, 1.54) is 18.5 Å². The minimum Gasteiger partial charge on any atom is -0.506 e. The Morgan fingerprint density at radius 1 is 1.26 bits per heavy atom. The Hall–Kier alpha value is -2.56. The first-order chi connectivity index (χ1) is 9.06. The second-order valence-corrected chi connectivity index (χ2v) is 4.33. The van der Waals surface area contributed by atoms with Gasteiger partial charge in [0.1, 0.15) is 5.75 Å². The van der Waals surface area contributed by atoms with Gasteiger partial charge in [-0.05, 0) is 24.3 Å². The molecule has 0 radical (unpaired) electrons. The van der Waals surface area contributed by atoms with Crippen molar-refractivity contribution in [2.24, 2.45) is 0 Å². The van der Waals surface area contributed by atoms with Crippen LogP contribution >= 0.6 is 0 Å². The summed E-state index contributed by atoms with van der Waals surface area (Å²) in [6.45, 7) is 0. The maximum atomic E-state index is 12.0. The summed E-state index contributed by atoms with van der Waals surface area (Å²) in [7, 11) is 3.86. The van der Waals surface area contributed by atoms with E-state index in [1.54, 1.807) is 6.07 Å². The summed E-state index contributed by atoms with van der Waals surface area (Å²) in [6, 6.07) is 8.87. The third-order valence-corrected chi connectivity index (χ3v) is 2.61. The van der Waals surface area contributed by atoms with E-state index in [0.717, 1.165) is 5.69 Å². The first-order valence-corrected chi connectivity index (χ1v) is 5.79. The van der Waals surface area contributed by atoms with Gasteiger partial charge in [-0.1, -0.05) is 6.07 Å². The molecule has 0 aliphatic rings. The predicted molar refractivity (Wildman–Crippen MR) is 74.6 cm³/mol. The molecule has 0 spiro atoms. The number of anilines is 2. The number of hydrogen-bond acceptors (Lipinski definition) is 4. The van der Waals surface area contributed by atoms with Crippen LogP contribution < -0.4 is 10.2 Å². The molecule has 2 rings (SSSR count). The molecule has 1 amide bonds. The fraction of sp³-hybridized carbons (Fsp3) is 0.143. The van der Waals surface area contributed by atoms with Gasteiger partial charge in [-0.3, -0.25) is 9.78 Å². The van der Waals surface area contributed by atoms with Crippen LogP contribution in [0.15, 0.2) is 42.7 Å². The van der Waals surface area contributed by atoms with Gasteiger partial charge in [-0.2, -0.15) is 0 Å². The van der Waals surface area contributed by atoms with Crippen molar-refractivity contribution in [2.45, 2.75) is 0 Å². The third kappa shape index (κ3) is 3.22. The molecule has 5 nitrogen and oxygen atoms in total. The maximum absolute atomic E-state index is 12.0. The summed E-state index contributed by atoms with van der Waals surface area (Å²) in [5.41, 5.74) is 2.00. The van der Waals surface area contributed by atoms with Crippen molar-refractivity contribution in [3.63, 3.8) is 0 Å². The number of rotatable bonds is 3. The average molecular weight is 257 g/mol. The molecule has 2 N–H and O–H groups in total.